The van der Waals surface area contributed by atoms with Gasteiger partial charge in [-0.25, -0.2) is 13.8 Å². The van der Waals surface area contributed by atoms with E-state index in [0.29, 0.717) is 29.1 Å². The molecule has 2 aromatic carbocycles. The molecule has 0 saturated heterocycles. The number of pyridine rings is 1. The molecule has 5 aromatic rings. The second-order valence-corrected chi connectivity index (χ2v) is 8.17. The van der Waals surface area contributed by atoms with E-state index in [-0.39, 0.29) is 22.7 Å². The van der Waals surface area contributed by atoms with Crippen LogP contribution < -0.4 is 20.9 Å². The van der Waals surface area contributed by atoms with E-state index in [9.17, 15) is 18.4 Å². The molecule has 10 nitrogen and oxygen atoms in total. The third-order valence-corrected chi connectivity index (χ3v) is 5.54. The van der Waals surface area contributed by atoms with E-state index in [0.717, 1.165) is 17.2 Å². The van der Waals surface area contributed by atoms with Gasteiger partial charge in [-0.2, -0.15) is 14.9 Å². The van der Waals surface area contributed by atoms with Gasteiger partial charge in [-0.1, -0.05) is 6.92 Å². The first-order valence-electron chi connectivity index (χ1n) is 11.6. The van der Waals surface area contributed by atoms with Gasteiger partial charge in [0, 0.05) is 36.8 Å². The molecule has 0 fully saturated rings. The Kier molecular flexibility index (Phi) is 6.76. The number of hydrogen-bond acceptors (Lipinski definition) is 7. The highest BCUT2D eigenvalue weighted by Gasteiger charge is 2.17. The van der Waals surface area contributed by atoms with E-state index in [1.54, 1.807) is 6.07 Å². The van der Waals surface area contributed by atoms with Crippen molar-refractivity contribution in [3.8, 4) is 17.2 Å². The first-order chi connectivity index (χ1) is 18.4. The van der Waals surface area contributed by atoms with E-state index in [1.807, 2.05) is 6.92 Å². The number of ether oxygens (including phenoxy) is 1. The van der Waals surface area contributed by atoms with E-state index >= 15 is 0 Å². The van der Waals surface area contributed by atoms with Crippen molar-refractivity contribution in [1.82, 2.24) is 25.0 Å². The Morgan fingerprint density at radius 2 is 1.87 bits per heavy atom. The molecule has 0 aliphatic carbocycles. The fourth-order valence-electron chi connectivity index (χ4n) is 3.71. The summed E-state index contributed by atoms with van der Waals surface area (Å²) in [7, 11) is 0. The third-order valence-electron chi connectivity index (χ3n) is 5.54. The first-order valence-corrected chi connectivity index (χ1v) is 11.6. The summed E-state index contributed by atoms with van der Waals surface area (Å²) >= 11 is 0. The molecule has 0 unspecified atom stereocenters. The topological polar surface area (TPSA) is 127 Å². The molecule has 0 atom stereocenters. The Morgan fingerprint density at radius 1 is 1.05 bits per heavy atom. The highest BCUT2D eigenvalue weighted by Crippen LogP contribution is 2.34. The molecule has 0 spiro atoms. The van der Waals surface area contributed by atoms with Gasteiger partial charge in [-0.15, -0.1) is 0 Å². The van der Waals surface area contributed by atoms with Crippen molar-refractivity contribution in [1.29, 1.82) is 0 Å². The summed E-state index contributed by atoms with van der Waals surface area (Å²) in [4.78, 5) is 29.9. The van der Waals surface area contributed by atoms with Crippen molar-refractivity contribution in [3.05, 3.63) is 94.5 Å². The van der Waals surface area contributed by atoms with E-state index in [2.05, 4.69) is 30.9 Å². The van der Waals surface area contributed by atoms with Crippen molar-refractivity contribution in [2.45, 2.75) is 13.3 Å². The fourth-order valence-corrected chi connectivity index (χ4v) is 3.71. The van der Waals surface area contributed by atoms with Crippen LogP contribution in [0.1, 0.15) is 23.7 Å². The number of nitrogens with zero attached hydrogens (tertiary/aromatic N) is 4. The number of fused-ring (bicyclic) bond motifs is 1. The quantitative estimate of drug-likeness (QED) is 0.273. The number of halogens is 2. The highest BCUT2D eigenvalue weighted by molar-refractivity contribution is 6.04. The molecule has 3 heterocycles. The van der Waals surface area contributed by atoms with Gasteiger partial charge in [0.15, 0.2) is 23.0 Å². The number of rotatable bonds is 8. The van der Waals surface area contributed by atoms with Crippen molar-refractivity contribution < 1.29 is 18.3 Å². The molecule has 1 amide bonds. The Morgan fingerprint density at radius 3 is 2.63 bits per heavy atom. The maximum absolute atomic E-state index is 15.0. The Bertz CT molecular complexity index is 1680. The molecule has 3 N–H and O–H groups in total. The number of aromatic nitrogens is 5. The highest BCUT2D eigenvalue weighted by atomic mass is 19.1. The van der Waals surface area contributed by atoms with E-state index in [1.165, 1.54) is 54.9 Å². The number of amides is 1. The van der Waals surface area contributed by atoms with Crippen LogP contribution >= 0.6 is 0 Å². The van der Waals surface area contributed by atoms with Gasteiger partial charge >= 0.3 is 0 Å². The van der Waals surface area contributed by atoms with Crippen LogP contribution in [-0.2, 0) is 0 Å². The molecule has 12 heteroatoms. The van der Waals surface area contributed by atoms with Crippen LogP contribution in [0.4, 0.5) is 20.3 Å². The molecule has 0 radical (unpaired) electrons. The van der Waals surface area contributed by atoms with Crippen molar-refractivity contribution >= 4 is 28.4 Å². The molecular formula is C26H21F2N7O3. The van der Waals surface area contributed by atoms with Gasteiger partial charge in [0.05, 0.1) is 5.69 Å². The molecule has 192 valence electrons. The zero-order valence-corrected chi connectivity index (χ0v) is 20.0. The van der Waals surface area contributed by atoms with Gasteiger partial charge in [0.1, 0.15) is 22.5 Å². The number of carbonyl (C=O) groups is 1. The lowest BCUT2D eigenvalue weighted by Gasteiger charge is -2.11. The Balaban J connectivity index is 1.36. The smallest absolute Gasteiger partial charge is 0.284 e. The molecular weight excluding hydrogens is 496 g/mol. The van der Waals surface area contributed by atoms with Gasteiger partial charge in [-0.3, -0.25) is 14.7 Å². The van der Waals surface area contributed by atoms with Gasteiger partial charge in [0.25, 0.3) is 11.5 Å². The average Bonchev–Trinajstić information content (AvgIpc) is 3.33. The number of H-pyrrole nitrogens is 1. The molecule has 38 heavy (non-hydrogen) atoms. The van der Waals surface area contributed by atoms with Crippen molar-refractivity contribution in [3.63, 3.8) is 0 Å². The predicted octanol–water partition coefficient (Wildman–Crippen LogP) is 4.65. The minimum atomic E-state index is -0.762. The third kappa shape index (κ3) is 4.91. The van der Waals surface area contributed by atoms with E-state index in [4.69, 9.17) is 4.74 Å². The molecule has 0 bridgehead atoms. The van der Waals surface area contributed by atoms with Crippen LogP contribution in [0, 0.1) is 11.6 Å². The standard InChI is InChI=1S/C26H21F2N7O3/c1-2-11-29-23-22-21(10-12-30-24(22)34-33-23)38-20-8-5-16(14-19(20)28)32-25(36)18-9-13-31-35(26(18)37)17-6-3-15(27)4-7-17/h3-10,12-14H,2,11H2,1H3,(H,32,36)(H2,29,30,33,34). The summed E-state index contributed by atoms with van der Waals surface area (Å²) in [6.45, 7) is 2.70. The second kappa shape index (κ2) is 10.5. The molecule has 0 aliphatic heterocycles. The van der Waals surface area contributed by atoms with Crippen molar-refractivity contribution in [2.24, 2.45) is 0 Å². The number of anilines is 2. The first kappa shape index (κ1) is 24.6. The van der Waals surface area contributed by atoms with Crippen LogP contribution in [0.5, 0.6) is 11.5 Å². The largest absolute Gasteiger partial charge is 0.453 e. The lowest BCUT2D eigenvalue weighted by Crippen LogP contribution is -2.29. The minimum absolute atomic E-state index is 0.0827. The van der Waals surface area contributed by atoms with Gasteiger partial charge in [0.2, 0.25) is 0 Å². The van der Waals surface area contributed by atoms with E-state index < -0.39 is 23.1 Å². The molecule has 3 aromatic heterocycles. The zero-order chi connectivity index (χ0) is 26.6. The maximum atomic E-state index is 15.0. The average molecular weight is 517 g/mol. The summed E-state index contributed by atoms with van der Waals surface area (Å²) in [5.74, 6) is -1.17. The summed E-state index contributed by atoms with van der Waals surface area (Å²) in [5.41, 5.74) is -0.0657. The molecule has 5 rings (SSSR count). The summed E-state index contributed by atoms with van der Waals surface area (Å²) < 4.78 is 35.0. The number of nitrogens with one attached hydrogen (secondary N) is 3. The summed E-state index contributed by atoms with van der Waals surface area (Å²) in [6.07, 6.45) is 3.66. The van der Waals surface area contributed by atoms with Gasteiger partial charge < -0.3 is 15.4 Å². The van der Waals surface area contributed by atoms with Crippen LogP contribution in [-0.4, -0.2) is 37.4 Å². The van der Waals surface area contributed by atoms with Crippen LogP contribution in [0.3, 0.4) is 0 Å². The number of aromatic amines is 1. The SMILES string of the molecule is CCCNc1n[nH]c2nccc(Oc3ccc(NC(=O)c4ccnn(-c5ccc(F)cc5)c4=O)cc3F)c12. The van der Waals surface area contributed by atoms with Gasteiger partial charge in [-0.05, 0) is 48.9 Å². The maximum Gasteiger partial charge on any atom is 0.284 e. The monoisotopic (exact) mass is 517 g/mol. The number of hydrogen-bond donors (Lipinski definition) is 3. The van der Waals surface area contributed by atoms with Crippen LogP contribution in [0.2, 0.25) is 0 Å². The molecule has 0 saturated carbocycles. The number of carbonyl (C=O) groups excluding carboxylic acids is 1. The lowest BCUT2D eigenvalue weighted by atomic mass is 10.2. The summed E-state index contributed by atoms with van der Waals surface area (Å²) in [5, 5.41) is 17.2. The number of benzene rings is 2. The molecule has 0 aliphatic rings. The lowest BCUT2D eigenvalue weighted by molar-refractivity contribution is 0.102. The van der Waals surface area contributed by atoms with Crippen LogP contribution in [0.25, 0.3) is 16.7 Å². The fraction of sp³-hybridized carbons (Fsp3) is 0.115. The Hall–Kier alpha value is -5.13. The second-order valence-electron chi connectivity index (χ2n) is 8.17. The van der Waals surface area contributed by atoms with Crippen molar-refractivity contribution in [2.75, 3.05) is 17.2 Å². The Labute approximate surface area is 214 Å². The zero-order valence-electron chi connectivity index (χ0n) is 20.0. The minimum Gasteiger partial charge on any atom is -0.453 e. The summed E-state index contributed by atoms with van der Waals surface area (Å²) in [6, 6.07) is 11.8. The normalized spacial score (nSPS) is 10.9. The van der Waals surface area contributed by atoms with Crippen LogP contribution in [0.15, 0.2) is 71.8 Å². The predicted molar refractivity (Wildman–Crippen MR) is 137 cm³/mol.